The lowest BCUT2D eigenvalue weighted by Crippen LogP contribution is -2.17. The highest BCUT2D eigenvalue weighted by atomic mass is 79.9. The molecule has 0 spiro atoms. The lowest BCUT2D eigenvalue weighted by atomic mass is 9.76. The van der Waals surface area contributed by atoms with Crippen molar-refractivity contribution < 1.29 is 9.53 Å². The Hall–Kier alpha value is -1.87. The minimum atomic E-state index is -0.352. The van der Waals surface area contributed by atoms with Crippen molar-refractivity contribution in [2.75, 3.05) is 0 Å². The van der Waals surface area contributed by atoms with E-state index in [-0.39, 0.29) is 11.4 Å². The van der Waals surface area contributed by atoms with Gasteiger partial charge in [-0.3, -0.25) is 0 Å². The summed E-state index contributed by atoms with van der Waals surface area (Å²) in [5.74, 6) is 0.229. The van der Waals surface area contributed by atoms with Crippen LogP contribution in [0.1, 0.15) is 42.3 Å². The van der Waals surface area contributed by atoms with Gasteiger partial charge in [-0.2, -0.15) is 0 Å². The summed E-state index contributed by atoms with van der Waals surface area (Å²) in [5.41, 5.74) is 4.40. The van der Waals surface area contributed by atoms with Gasteiger partial charge in [0.05, 0.1) is 5.56 Å². The third-order valence-electron chi connectivity index (χ3n) is 4.06. The van der Waals surface area contributed by atoms with E-state index in [4.69, 9.17) is 4.74 Å². The fraction of sp³-hybridized carbons (Fsp3) is 0.250. The molecule has 3 rings (SSSR count). The maximum atomic E-state index is 12.3. The Morgan fingerprint density at radius 1 is 1.17 bits per heavy atom. The van der Waals surface area contributed by atoms with E-state index < -0.39 is 0 Å². The number of allylic oxidation sites excluding steroid dienone is 2. The van der Waals surface area contributed by atoms with Gasteiger partial charge in [0, 0.05) is 4.47 Å². The van der Waals surface area contributed by atoms with Crippen molar-refractivity contribution >= 4 is 27.5 Å². The average Bonchev–Trinajstić information content (AvgIpc) is 2.47. The van der Waals surface area contributed by atoms with Crippen LogP contribution < -0.4 is 4.74 Å². The van der Waals surface area contributed by atoms with Gasteiger partial charge in [0.25, 0.3) is 0 Å². The Balaban J connectivity index is 1.88. The number of halogens is 1. The molecule has 118 valence electrons. The van der Waals surface area contributed by atoms with E-state index in [1.54, 1.807) is 6.07 Å². The van der Waals surface area contributed by atoms with E-state index in [1.165, 1.54) is 16.7 Å². The van der Waals surface area contributed by atoms with Crippen LogP contribution in [-0.4, -0.2) is 5.97 Å². The van der Waals surface area contributed by atoms with Gasteiger partial charge in [-0.15, -0.1) is 0 Å². The van der Waals surface area contributed by atoms with E-state index in [2.05, 4.69) is 48.8 Å². The second-order valence-corrected chi connectivity index (χ2v) is 7.54. The van der Waals surface area contributed by atoms with E-state index in [1.807, 2.05) is 30.3 Å². The van der Waals surface area contributed by atoms with Gasteiger partial charge in [0.1, 0.15) is 5.75 Å². The first-order valence-corrected chi connectivity index (χ1v) is 8.44. The molecule has 0 radical (unpaired) electrons. The summed E-state index contributed by atoms with van der Waals surface area (Å²) in [5, 5.41) is 0. The third-order valence-corrected chi connectivity index (χ3v) is 4.76. The molecule has 0 atom stereocenters. The fourth-order valence-corrected chi connectivity index (χ4v) is 3.58. The van der Waals surface area contributed by atoms with Crippen molar-refractivity contribution in [3.8, 4) is 5.75 Å². The molecule has 0 saturated heterocycles. The van der Waals surface area contributed by atoms with Crippen LogP contribution in [0.4, 0.5) is 0 Å². The minimum absolute atomic E-state index is 0.171. The van der Waals surface area contributed by atoms with Crippen molar-refractivity contribution in [1.29, 1.82) is 0 Å². The zero-order chi connectivity index (χ0) is 16.6. The molecule has 2 aromatic carbocycles. The number of hydrogen-bond donors (Lipinski definition) is 0. The van der Waals surface area contributed by atoms with Crippen molar-refractivity contribution in [2.24, 2.45) is 5.41 Å². The number of esters is 1. The summed E-state index contributed by atoms with van der Waals surface area (Å²) in [6, 6.07) is 13.2. The van der Waals surface area contributed by atoms with Crippen LogP contribution in [-0.2, 0) is 6.42 Å². The Morgan fingerprint density at radius 3 is 2.65 bits per heavy atom. The van der Waals surface area contributed by atoms with Crippen LogP contribution in [0, 0.1) is 5.41 Å². The number of benzene rings is 2. The van der Waals surface area contributed by atoms with Gasteiger partial charge in [0.15, 0.2) is 0 Å². The van der Waals surface area contributed by atoms with Gasteiger partial charge in [-0.1, -0.05) is 38.1 Å². The maximum absolute atomic E-state index is 12.3. The van der Waals surface area contributed by atoms with Crippen molar-refractivity contribution in [2.45, 2.75) is 27.2 Å². The molecule has 2 aromatic rings. The predicted octanol–water partition coefficient (Wildman–Crippen LogP) is 5.65. The molecule has 0 bridgehead atoms. The molecule has 0 amide bonds. The van der Waals surface area contributed by atoms with Crippen LogP contribution in [0.15, 0.2) is 53.0 Å². The summed E-state index contributed by atoms with van der Waals surface area (Å²) in [6.45, 7) is 6.58. The van der Waals surface area contributed by atoms with Crippen LogP contribution in [0.3, 0.4) is 0 Å². The highest BCUT2D eigenvalue weighted by Crippen LogP contribution is 2.37. The highest BCUT2D eigenvalue weighted by molar-refractivity contribution is 9.10. The number of fused-ring (bicyclic) bond motifs is 1. The van der Waals surface area contributed by atoms with E-state index in [9.17, 15) is 4.79 Å². The Bertz CT molecular complexity index is 803. The van der Waals surface area contributed by atoms with Crippen LogP contribution in [0.25, 0.3) is 5.57 Å². The summed E-state index contributed by atoms with van der Waals surface area (Å²) in [7, 11) is 0. The van der Waals surface area contributed by atoms with Gasteiger partial charge in [-0.25, -0.2) is 4.79 Å². The molecule has 0 unspecified atom stereocenters. The van der Waals surface area contributed by atoms with Crippen LogP contribution in [0.2, 0.25) is 0 Å². The minimum Gasteiger partial charge on any atom is -0.423 e. The summed E-state index contributed by atoms with van der Waals surface area (Å²) in [4.78, 5) is 12.3. The molecular formula is C20H19BrO2. The first-order valence-electron chi connectivity index (χ1n) is 7.65. The van der Waals surface area contributed by atoms with Crippen molar-refractivity contribution in [3.05, 3.63) is 69.7 Å². The third kappa shape index (κ3) is 3.40. The summed E-state index contributed by atoms with van der Waals surface area (Å²) in [6.07, 6.45) is 3.28. The van der Waals surface area contributed by atoms with Crippen molar-refractivity contribution in [1.82, 2.24) is 0 Å². The van der Waals surface area contributed by atoms with Gasteiger partial charge < -0.3 is 4.74 Å². The first kappa shape index (κ1) is 16.0. The molecule has 0 fully saturated rings. The number of hydrogen-bond acceptors (Lipinski definition) is 2. The predicted molar refractivity (Wildman–Crippen MR) is 96.7 cm³/mol. The summed E-state index contributed by atoms with van der Waals surface area (Å²) >= 11 is 3.38. The lowest BCUT2D eigenvalue weighted by molar-refractivity contribution is 0.0733. The SMILES string of the molecule is CC1=CC(C)(C)Cc2ccc(OC(=O)c3ccccc3Br)cc21. The molecule has 1 aliphatic rings. The zero-order valence-electron chi connectivity index (χ0n) is 13.5. The molecule has 0 N–H and O–H groups in total. The van der Waals surface area contributed by atoms with E-state index >= 15 is 0 Å². The normalized spacial score (nSPS) is 15.6. The highest BCUT2D eigenvalue weighted by Gasteiger charge is 2.24. The average molecular weight is 371 g/mol. The van der Waals surface area contributed by atoms with Crippen LogP contribution in [0.5, 0.6) is 5.75 Å². The molecule has 0 aromatic heterocycles. The molecular weight excluding hydrogens is 352 g/mol. The Labute approximate surface area is 145 Å². The molecule has 2 nitrogen and oxygen atoms in total. The molecule has 1 aliphatic carbocycles. The Kier molecular flexibility index (Phi) is 4.15. The maximum Gasteiger partial charge on any atom is 0.344 e. The van der Waals surface area contributed by atoms with Gasteiger partial charge >= 0.3 is 5.97 Å². The topological polar surface area (TPSA) is 26.3 Å². The Morgan fingerprint density at radius 2 is 1.91 bits per heavy atom. The summed E-state index contributed by atoms with van der Waals surface area (Å²) < 4.78 is 6.29. The molecule has 0 aliphatic heterocycles. The standard InChI is InChI=1S/C20H19BrO2/c1-13-11-20(2,3)12-14-8-9-15(10-17(13)14)23-19(22)16-6-4-5-7-18(16)21/h4-11H,12H2,1-3H3. The largest absolute Gasteiger partial charge is 0.423 e. The molecule has 23 heavy (non-hydrogen) atoms. The number of rotatable bonds is 2. The molecule has 3 heteroatoms. The van der Waals surface area contributed by atoms with Gasteiger partial charge in [0.2, 0.25) is 0 Å². The molecule has 0 saturated carbocycles. The fourth-order valence-electron chi connectivity index (χ4n) is 3.13. The van der Waals surface area contributed by atoms with Gasteiger partial charge in [-0.05, 0) is 75.7 Å². The second kappa shape index (κ2) is 5.97. The smallest absolute Gasteiger partial charge is 0.344 e. The van der Waals surface area contributed by atoms with Crippen molar-refractivity contribution in [3.63, 3.8) is 0 Å². The number of ether oxygens (including phenoxy) is 1. The first-order chi connectivity index (χ1) is 10.9. The van der Waals surface area contributed by atoms with E-state index in [0.717, 1.165) is 10.9 Å². The number of carbonyl (C=O) groups excluding carboxylic acids is 1. The second-order valence-electron chi connectivity index (χ2n) is 6.68. The zero-order valence-corrected chi connectivity index (χ0v) is 15.1. The quantitative estimate of drug-likeness (QED) is 0.503. The van der Waals surface area contributed by atoms with E-state index in [0.29, 0.717) is 11.3 Å². The molecule has 0 heterocycles. The lowest BCUT2D eigenvalue weighted by Gasteiger charge is -2.29. The number of carbonyl (C=O) groups is 1. The van der Waals surface area contributed by atoms with Crippen LogP contribution >= 0.6 is 15.9 Å². The monoisotopic (exact) mass is 370 g/mol.